The molecule has 2 N–H and O–H groups in total. The van der Waals surface area contributed by atoms with Crippen LogP contribution in [0.25, 0.3) is 0 Å². The molecule has 0 saturated heterocycles. The molecule has 0 aliphatic carbocycles. The van der Waals surface area contributed by atoms with Crippen molar-refractivity contribution in [1.29, 1.82) is 0 Å². The number of sulfonamides is 1. The minimum absolute atomic E-state index is 0.155. The molecule has 7 heteroatoms. The molecule has 6 nitrogen and oxygen atoms in total. The van der Waals surface area contributed by atoms with Crippen molar-refractivity contribution in [2.24, 2.45) is 0 Å². The van der Waals surface area contributed by atoms with E-state index in [1.165, 1.54) is 0 Å². The molecule has 112 valence electrons. The Bertz CT molecular complexity index is 543. The first-order chi connectivity index (χ1) is 9.48. The number of benzene rings is 1. The fourth-order valence-corrected chi connectivity index (χ4v) is 2.71. The molecule has 0 fully saturated rings. The van der Waals surface area contributed by atoms with Gasteiger partial charge in [0.1, 0.15) is 0 Å². The van der Waals surface area contributed by atoms with Crippen LogP contribution in [0.15, 0.2) is 24.3 Å². The molecular formula is C13H20N2O4S. The van der Waals surface area contributed by atoms with Gasteiger partial charge in [-0.2, -0.15) is 0 Å². The molecule has 1 aromatic rings. The zero-order valence-electron chi connectivity index (χ0n) is 11.7. The Labute approximate surface area is 119 Å². The van der Waals surface area contributed by atoms with Crippen LogP contribution in [0.1, 0.15) is 18.9 Å². The highest BCUT2D eigenvalue weighted by Gasteiger charge is 2.15. The van der Waals surface area contributed by atoms with Gasteiger partial charge in [-0.15, -0.1) is 0 Å². The molecule has 0 atom stereocenters. The maximum absolute atomic E-state index is 11.9. The Morgan fingerprint density at radius 2 is 2.00 bits per heavy atom. The number of carbonyl (C=O) groups excluding carboxylic acids is 1. The average molecular weight is 300 g/mol. The first-order valence-electron chi connectivity index (χ1n) is 6.37. The monoisotopic (exact) mass is 300 g/mol. The van der Waals surface area contributed by atoms with Gasteiger partial charge in [-0.25, -0.2) is 8.42 Å². The summed E-state index contributed by atoms with van der Waals surface area (Å²) in [4.78, 5) is 11.2. The van der Waals surface area contributed by atoms with Gasteiger partial charge in [-0.3, -0.25) is 9.52 Å². The molecule has 0 bridgehead atoms. The van der Waals surface area contributed by atoms with Crippen LogP contribution in [-0.2, 0) is 26.1 Å². The van der Waals surface area contributed by atoms with E-state index in [1.807, 2.05) is 12.1 Å². The van der Waals surface area contributed by atoms with Gasteiger partial charge in [-0.05, 0) is 25.6 Å². The minimum atomic E-state index is -3.57. The lowest BCUT2D eigenvalue weighted by Crippen LogP contribution is -2.21. The van der Waals surface area contributed by atoms with Gasteiger partial charge in [0.25, 0.3) is 0 Å². The van der Waals surface area contributed by atoms with Gasteiger partial charge < -0.3 is 10.1 Å². The van der Waals surface area contributed by atoms with Crippen LogP contribution in [0.5, 0.6) is 0 Å². The lowest BCUT2D eigenvalue weighted by Gasteiger charge is -2.12. The standard InChI is InChI=1S/C13H20N2O4S/c1-3-19-13(16)8-9-20(17,18)15-12-7-5-4-6-11(12)10-14-2/h4-7,14-15H,3,8-10H2,1-2H3. The summed E-state index contributed by atoms with van der Waals surface area (Å²) in [7, 11) is -1.78. The second-order valence-electron chi connectivity index (χ2n) is 4.16. The van der Waals surface area contributed by atoms with Crippen molar-refractivity contribution in [1.82, 2.24) is 5.32 Å². The highest BCUT2D eigenvalue weighted by molar-refractivity contribution is 7.92. The van der Waals surface area contributed by atoms with Crippen molar-refractivity contribution in [3.05, 3.63) is 29.8 Å². The quantitative estimate of drug-likeness (QED) is 0.702. The first-order valence-corrected chi connectivity index (χ1v) is 8.02. The zero-order valence-corrected chi connectivity index (χ0v) is 12.5. The molecule has 0 heterocycles. The summed E-state index contributed by atoms with van der Waals surface area (Å²) in [5.74, 6) is -0.805. The summed E-state index contributed by atoms with van der Waals surface area (Å²) in [5, 5.41) is 2.97. The van der Waals surface area contributed by atoms with Gasteiger partial charge in [0, 0.05) is 6.54 Å². The molecule has 0 spiro atoms. The predicted octanol–water partition coefficient (Wildman–Crippen LogP) is 1.10. The highest BCUT2D eigenvalue weighted by Crippen LogP contribution is 2.16. The second kappa shape index (κ2) is 7.86. The molecule has 1 aromatic carbocycles. The molecule has 0 unspecified atom stereocenters. The van der Waals surface area contributed by atoms with Crippen molar-refractivity contribution in [3.63, 3.8) is 0 Å². The van der Waals surface area contributed by atoms with Crippen LogP contribution in [0.3, 0.4) is 0 Å². The van der Waals surface area contributed by atoms with Crippen molar-refractivity contribution in [2.45, 2.75) is 19.9 Å². The average Bonchev–Trinajstić information content (AvgIpc) is 2.39. The summed E-state index contributed by atoms with van der Waals surface area (Å²) < 4.78 is 31.1. The van der Waals surface area contributed by atoms with Gasteiger partial charge in [-0.1, -0.05) is 18.2 Å². The van der Waals surface area contributed by atoms with Crippen molar-refractivity contribution in [2.75, 3.05) is 24.1 Å². The van der Waals surface area contributed by atoms with Crippen molar-refractivity contribution in [3.8, 4) is 0 Å². The minimum Gasteiger partial charge on any atom is -0.466 e. The number of nitrogens with one attached hydrogen (secondary N) is 2. The van der Waals surface area contributed by atoms with Gasteiger partial charge in [0.2, 0.25) is 10.0 Å². The van der Waals surface area contributed by atoms with E-state index in [2.05, 4.69) is 10.0 Å². The predicted molar refractivity (Wildman–Crippen MR) is 77.9 cm³/mol. The van der Waals surface area contributed by atoms with E-state index in [9.17, 15) is 13.2 Å². The van der Waals surface area contributed by atoms with E-state index < -0.39 is 16.0 Å². The number of hydrogen-bond acceptors (Lipinski definition) is 5. The number of carbonyl (C=O) groups is 1. The molecule has 0 amide bonds. The fraction of sp³-hybridized carbons (Fsp3) is 0.462. The molecular weight excluding hydrogens is 280 g/mol. The summed E-state index contributed by atoms with van der Waals surface area (Å²) in [6, 6.07) is 7.11. The SMILES string of the molecule is CCOC(=O)CCS(=O)(=O)Nc1ccccc1CNC. The third-order valence-corrected chi connectivity index (χ3v) is 3.80. The third-order valence-electron chi connectivity index (χ3n) is 2.53. The van der Waals surface area contributed by atoms with Crippen LogP contribution in [0.2, 0.25) is 0 Å². The lowest BCUT2D eigenvalue weighted by molar-refractivity contribution is -0.142. The fourth-order valence-electron chi connectivity index (χ4n) is 1.63. The summed E-state index contributed by atoms with van der Waals surface area (Å²) in [6.07, 6.45) is -0.155. The van der Waals surface area contributed by atoms with E-state index >= 15 is 0 Å². The molecule has 20 heavy (non-hydrogen) atoms. The Morgan fingerprint density at radius 1 is 1.30 bits per heavy atom. The molecule has 0 aliphatic rings. The molecule has 0 aromatic heterocycles. The molecule has 1 rings (SSSR count). The van der Waals surface area contributed by atoms with E-state index in [0.717, 1.165) is 5.56 Å². The molecule has 0 radical (unpaired) electrons. The maximum atomic E-state index is 11.9. The van der Waals surface area contributed by atoms with E-state index in [-0.39, 0.29) is 18.8 Å². The van der Waals surface area contributed by atoms with Crippen LogP contribution in [-0.4, -0.2) is 33.8 Å². The third kappa shape index (κ3) is 5.58. The summed E-state index contributed by atoms with van der Waals surface area (Å²) in [6.45, 7) is 2.48. The molecule has 0 saturated carbocycles. The lowest BCUT2D eigenvalue weighted by atomic mass is 10.2. The van der Waals surface area contributed by atoms with Gasteiger partial charge in [0.05, 0.1) is 24.5 Å². The molecule has 0 aliphatic heterocycles. The number of esters is 1. The van der Waals surface area contributed by atoms with Crippen LogP contribution >= 0.6 is 0 Å². The normalized spacial score (nSPS) is 11.1. The Kier molecular flexibility index (Phi) is 6.47. The van der Waals surface area contributed by atoms with Crippen LogP contribution in [0, 0.1) is 0 Å². The van der Waals surface area contributed by atoms with Gasteiger partial charge >= 0.3 is 5.97 Å². The summed E-state index contributed by atoms with van der Waals surface area (Å²) in [5.41, 5.74) is 1.36. The van der Waals surface area contributed by atoms with Crippen molar-refractivity contribution < 1.29 is 17.9 Å². The number of ether oxygens (including phenoxy) is 1. The van der Waals surface area contributed by atoms with E-state index in [4.69, 9.17) is 4.74 Å². The van der Waals surface area contributed by atoms with Crippen LogP contribution < -0.4 is 10.0 Å². The van der Waals surface area contributed by atoms with E-state index in [0.29, 0.717) is 12.2 Å². The number of anilines is 1. The Balaban J connectivity index is 2.69. The van der Waals surface area contributed by atoms with E-state index in [1.54, 1.807) is 26.1 Å². The zero-order chi connectivity index (χ0) is 15.0. The second-order valence-corrected chi connectivity index (χ2v) is 6.01. The summed E-state index contributed by atoms with van der Waals surface area (Å²) >= 11 is 0. The largest absolute Gasteiger partial charge is 0.466 e. The number of hydrogen-bond donors (Lipinski definition) is 2. The Morgan fingerprint density at radius 3 is 2.65 bits per heavy atom. The Hall–Kier alpha value is -1.60. The highest BCUT2D eigenvalue weighted by atomic mass is 32.2. The van der Waals surface area contributed by atoms with Crippen LogP contribution in [0.4, 0.5) is 5.69 Å². The number of rotatable bonds is 8. The van der Waals surface area contributed by atoms with Crippen molar-refractivity contribution >= 4 is 21.7 Å². The van der Waals surface area contributed by atoms with Gasteiger partial charge in [0.15, 0.2) is 0 Å². The topological polar surface area (TPSA) is 84.5 Å². The first kappa shape index (κ1) is 16.5. The smallest absolute Gasteiger partial charge is 0.306 e. The number of para-hydroxylation sites is 1. The maximum Gasteiger partial charge on any atom is 0.306 e.